The van der Waals surface area contributed by atoms with Crippen molar-refractivity contribution >= 4 is 9.84 Å². The van der Waals surface area contributed by atoms with Gasteiger partial charge >= 0.3 is 5.51 Å². The lowest BCUT2D eigenvalue weighted by Crippen LogP contribution is -2.23. The summed E-state index contributed by atoms with van der Waals surface area (Å²) in [4.78, 5) is -0.717. The lowest BCUT2D eigenvalue weighted by Gasteiger charge is -2.23. The predicted molar refractivity (Wildman–Crippen MR) is 63.0 cm³/mol. The normalized spacial score (nSPS) is 13.7. The van der Waals surface area contributed by atoms with Crippen LogP contribution in [0.3, 0.4) is 0 Å². The SMILES string of the molecule is CCC(C)(C)c1ccc(S(=O)(=O)C(F)(F)F)cc1. The standard InChI is InChI=1S/C12H15F3O2S/c1-4-11(2,3)9-5-7-10(8-6-9)18(16,17)12(13,14)15/h5-8H,4H2,1-3H3. The second-order valence-electron chi connectivity index (χ2n) is 4.71. The first kappa shape index (κ1) is 15.0. The van der Waals surface area contributed by atoms with Crippen molar-refractivity contribution < 1.29 is 21.6 Å². The molecule has 0 aromatic heterocycles. The van der Waals surface area contributed by atoms with Crippen LogP contribution in [0.25, 0.3) is 0 Å². The molecule has 0 N–H and O–H groups in total. The second kappa shape index (κ2) is 4.57. The van der Waals surface area contributed by atoms with Gasteiger partial charge in [-0.3, -0.25) is 0 Å². The highest BCUT2D eigenvalue weighted by molar-refractivity contribution is 7.92. The van der Waals surface area contributed by atoms with Gasteiger partial charge in [-0.15, -0.1) is 0 Å². The Hall–Kier alpha value is -1.04. The number of benzene rings is 1. The fourth-order valence-corrected chi connectivity index (χ4v) is 2.18. The van der Waals surface area contributed by atoms with Crippen molar-refractivity contribution in [1.82, 2.24) is 0 Å². The third kappa shape index (κ3) is 2.68. The molecule has 1 aromatic rings. The fraction of sp³-hybridized carbons (Fsp3) is 0.500. The Morgan fingerprint density at radius 3 is 1.83 bits per heavy atom. The average Bonchev–Trinajstić information content (AvgIpc) is 2.27. The first-order chi connectivity index (χ1) is 8.02. The zero-order valence-corrected chi connectivity index (χ0v) is 11.2. The number of alkyl halides is 3. The maximum absolute atomic E-state index is 12.3. The first-order valence-electron chi connectivity index (χ1n) is 5.44. The lowest BCUT2D eigenvalue weighted by atomic mass is 9.82. The molecule has 1 aromatic carbocycles. The predicted octanol–water partition coefficient (Wildman–Crippen LogP) is 3.67. The molecule has 6 heteroatoms. The number of sulfone groups is 1. The fourth-order valence-electron chi connectivity index (χ4n) is 1.42. The van der Waals surface area contributed by atoms with E-state index >= 15 is 0 Å². The monoisotopic (exact) mass is 280 g/mol. The summed E-state index contributed by atoms with van der Waals surface area (Å²) in [5, 5.41) is 0. The van der Waals surface area contributed by atoms with E-state index in [1.807, 2.05) is 20.8 Å². The number of hydrogen-bond donors (Lipinski definition) is 0. The van der Waals surface area contributed by atoms with Crippen molar-refractivity contribution in [3.63, 3.8) is 0 Å². The third-order valence-electron chi connectivity index (χ3n) is 3.13. The molecule has 18 heavy (non-hydrogen) atoms. The van der Waals surface area contributed by atoms with Crippen molar-refractivity contribution in [3.05, 3.63) is 29.8 Å². The Morgan fingerprint density at radius 2 is 1.50 bits per heavy atom. The molecule has 0 radical (unpaired) electrons. The lowest BCUT2D eigenvalue weighted by molar-refractivity contribution is -0.0436. The number of rotatable bonds is 3. The van der Waals surface area contributed by atoms with Crippen LogP contribution in [0.5, 0.6) is 0 Å². The minimum absolute atomic E-state index is 0.194. The van der Waals surface area contributed by atoms with Gasteiger partial charge in [0, 0.05) is 0 Å². The van der Waals surface area contributed by atoms with Crippen molar-refractivity contribution in [2.75, 3.05) is 0 Å². The van der Waals surface area contributed by atoms with E-state index in [0.29, 0.717) is 0 Å². The highest BCUT2D eigenvalue weighted by Crippen LogP contribution is 2.32. The van der Waals surface area contributed by atoms with Gasteiger partial charge in [0.2, 0.25) is 0 Å². The molecule has 0 aliphatic carbocycles. The van der Waals surface area contributed by atoms with E-state index in [9.17, 15) is 21.6 Å². The van der Waals surface area contributed by atoms with Crippen molar-refractivity contribution in [2.45, 2.75) is 43.0 Å². The zero-order valence-electron chi connectivity index (χ0n) is 10.4. The van der Waals surface area contributed by atoms with Gasteiger partial charge in [-0.2, -0.15) is 13.2 Å². The molecule has 0 fully saturated rings. The smallest absolute Gasteiger partial charge is 0.214 e. The minimum Gasteiger partial charge on any atom is -0.214 e. The molecule has 0 aliphatic heterocycles. The largest absolute Gasteiger partial charge is 0.501 e. The molecular formula is C12H15F3O2S. The summed E-state index contributed by atoms with van der Waals surface area (Å²) in [5.74, 6) is 0. The summed E-state index contributed by atoms with van der Waals surface area (Å²) in [6.45, 7) is 5.85. The molecule has 0 bridgehead atoms. The van der Waals surface area contributed by atoms with Crippen LogP contribution in [0.15, 0.2) is 29.2 Å². The molecule has 0 aliphatic rings. The van der Waals surface area contributed by atoms with Gasteiger partial charge in [0.25, 0.3) is 9.84 Å². The molecule has 0 amide bonds. The van der Waals surface area contributed by atoms with E-state index in [0.717, 1.165) is 24.1 Å². The van der Waals surface area contributed by atoms with E-state index in [-0.39, 0.29) is 5.41 Å². The van der Waals surface area contributed by atoms with E-state index in [1.54, 1.807) is 0 Å². The van der Waals surface area contributed by atoms with Gasteiger partial charge in [0.1, 0.15) is 0 Å². The first-order valence-corrected chi connectivity index (χ1v) is 6.92. The highest BCUT2D eigenvalue weighted by Gasteiger charge is 2.46. The maximum atomic E-state index is 12.3. The van der Waals surface area contributed by atoms with Crippen molar-refractivity contribution in [2.24, 2.45) is 0 Å². The van der Waals surface area contributed by atoms with E-state index in [1.165, 1.54) is 12.1 Å². The van der Waals surface area contributed by atoms with Gasteiger partial charge in [0.05, 0.1) is 4.90 Å². The van der Waals surface area contributed by atoms with Gasteiger partial charge in [0.15, 0.2) is 0 Å². The minimum atomic E-state index is -5.26. The van der Waals surface area contributed by atoms with Crippen LogP contribution in [-0.2, 0) is 15.3 Å². The van der Waals surface area contributed by atoms with Crippen LogP contribution >= 0.6 is 0 Å². The van der Waals surface area contributed by atoms with E-state index in [4.69, 9.17) is 0 Å². The quantitative estimate of drug-likeness (QED) is 0.846. The summed E-state index contributed by atoms with van der Waals surface area (Å²) in [6.07, 6.45) is 0.804. The third-order valence-corrected chi connectivity index (χ3v) is 4.64. The summed E-state index contributed by atoms with van der Waals surface area (Å²) in [6, 6.07) is 4.88. The van der Waals surface area contributed by atoms with Crippen LogP contribution in [0.1, 0.15) is 32.8 Å². The summed E-state index contributed by atoms with van der Waals surface area (Å²) >= 11 is 0. The topological polar surface area (TPSA) is 34.1 Å². The van der Waals surface area contributed by atoms with E-state index < -0.39 is 20.2 Å². The summed E-state index contributed by atoms with van der Waals surface area (Å²) < 4.78 is 59.3. The Morgan fingerprint density at radius 1 is 1.06 bits per heavy atom. The molecule has 1 rings (SSSR count). The highest BCUT2D eigenvalue weighted by atomic mass is 32.2. The summed E-state index contributed by atoms with van der Waals surface area (Å²) in [7, 11) is -5.25. The Balaban J connectivity index is 3.20. The average molecular weight is 280 g/mol. The molecule has 102 valence electrons. The molecule has 2 nitrogen and oxygen atoms in total. The summed E-state index contributed by atoms with van der Waals surface area (Å²) in [5.41, 5.74) is -4.64. The van der Waals surface area contributed by atoms with Crippen LogP contribution < -0.4 is 0 Å². The Bertz CT molecular complexity index is 513. The van der Waals surface area contributed by atoms with Crippen LogP contribution in [0.2, 0.25) is 0 Å². The van der Waals surface area contributed by atoms with Crippen LogP contribution in [0, 0.1) is 0 Å². The Labute approximate surface area is 105 Å². The molecule has 0 atom stereocenters. The second-order valence-corrected chi connectivity index (χ2v) is 6.65. The molecule has 0 heterocycles. The van der Waals surface area contributed by atoms with Gasteiger partial charge in [-0.1, -0.05) is 32.9 Å². The van der Waals surface area contributed by atoms with Gasteiger partial charge < -0.3 is 0 Å². The molecule has 0 saturated heterocycles. The van der Waals surface area contributed by atoms with Crippen LogP contribution in [0.4, 0.5) is 13.2 Å². The molecule has 0 unspecified atom stereocenters. The van der Waals surface area contributed by atoms with Crippen molar-refractivity contribution in [3.8, 4) is 0 Å². The Kier molecular flexibility index (Phi) is 3.81. The zero-order chi connectivity index (χ0) is 14.2. The van der Waals surface area contributed by atoms with Gasteiger partial charge in [-0.25, -0.2) is 8.42 Å². The molecule has 0 saturated carbocycles. The van der Waals surface area contributed by atoms with Crippen LogP contribution in [-0.4, -0.2) is 13.9 Å². The number of halogens is 3. The van der Waals surface area contributed by atoms with Gasteiger partial charge in [-0.05, 0) is 29.5 Å². The maximum Gasteiger partial charge on any atom is 0.501 e. The van der Waals surface area contributed by atoms with Crippen molar-refractivity contribution in [1.29, 1.82) is 0 Å². The van der Waals surface area contributed by atoms with E-state index in [2.05, 4.69) is 0 Å². The number of hydrogen-bond acceptors (Lipinski definition) is 2. The molecule has 0 spiro atoms. The molecular weight excluding hydrogens is 265 g/mol.